The lowest BCUT2D eigenvalue weighted by Gasteiger charge is -2.30. The van der Waals surface area contributed by atoms with Crippen LogP contribution in [0, 0.1) is 0 Å². The number of carbonyl (C=O) groups excluding carboxylic acids is 2. The molecule has 7 rings (SSSR count). The molecule has 3 aromatic carbocycles. The lowest BCUT2D eigenvalue weighted by molar-refractivity contribution is 0.0993. The van der Waals surface area contributed by atoms with Gasteiger partial charge in [0, 0.05) is 84.1 Å². The number of morpholine rings is 2. The molecule has 0 spiro atoms. The van der Waals surface area contributed by atoms with Gasteiger partial charge in [0.1, 0.15) is 0 Å². The van der Waals surface area contributed by atoms with Crippen molar-refractivity contribution in [1.82, 2.24) is 14.5 Å². The van der Waals surface area contributed by atoms with E-state index < -0.39 is 6.03 Å². The van der Waals surface area contributed by atoms with Crippen LogP contribution in [0.15, 0.2) is 82.4 Å². The number of nitrogens with one attached hydrogen (secondary N) is 2. The molecule has 278 valence electrons. The number of ether oxygens (including phenoxy) is 2. The highest BCUT2D eigenvalue weighted by atomic mass is 35.5. The maximum Gasteiger partial charge on any atom is 0.319 e. The first-order valence-corrected chi connectivity index (χ1v) is 18.1. The molecule has 0 unspecified atom stereocenters. The fourth-order valence-electron chi connectivity index (χ4n) is 6.69. The van der Waals surface area contributed by atoms with E-state index in [-0.39, 0.29) is 23.4 Å². The van der Waals surface area contributed by atoms with Gasteiger partial charge >= 0.3 is 6.03 Å². The smallest absolute Gasteiger partial charge is 0.319 e. The number of halogens is 1. The normalized spacial score (nSPS) is 14.5. The third kappa shape index (κ3) is 8.65. The van der Waals surface area contributed by atoms with E-state index in [1.807, 2.05) is 44.2 Å². The highest BCUT2D eigenvalue weighted by Gasteiger charge is 2.19. The molecule has 53 heavy (non-hydrogen) atoms. The first kappa shape index (κ1) is 37.4. The molecule has 14 heteroatoms. The van der Waals surface area contributed by atoms with Gasteiger partial charge in [0.15, 0.2) is 5.78 Å². The van der Waals surface area contributed by atoms with Gasteiger partial charge in [-0.2, -0.15) is 0 Å². The van der Waals surface area contributed by atoms with Crippen LogP contribution in [-0.2, 0) is 22.6 Å². The Balaban J connectivity index is 0.000000204. The van der Waals surface area contributed by atoms with Crippen LogP contribution >= 0.6 is 11.6 Å². The number of aryl methyl sites for hydroxylation is 2. The van der Waals surface area contributed by atoms with Crippen molar-refractivity contribution in [1.29, 1.82) is 0 Å². The van der Waals surface area contributed by atoms with E-state index in [1.165, 1.54) is 0 Å². The van der Waals surface area contributed by atoms with Crippen LogP contribution in [0.4, 0.5) is 27.5 Å². The van der Waals surface area contributed by atoms with E-state index in [4.69, 9.17) is 26.8 Å². The van der Waals surface area contributed by atoms with Crippen molar-refractivity contribution >= 4 is 68.0 Å². The number of aromatic nitrogens is 2. The van der Waals surface area contributed by atoms with Crippen LogP contribution < -0.4 is 37.3 Å². The van der Waals surface area contributed by atoms with Crippen LogP contribution in [0.25, 0.3) is 21.8 Å². The number of amides is 2. The average molecular weight is 742 g/mol. The third-order valence-corrected chi connectivity index (χ3v) is 9.62. The summed E-state index contributed by atoms with van der Waals surface area (Å²) in [6.45, 7) is 10.5. The number of fused-ring (bicyclic) bond motifs is 2. The molecule has 0 atom stereocenters. The van der Waals surface area contributed by atoms with Crippen LogP contribution in [0.2, 0.25) is 5.02 Å². The van der Waals surface area contributed by atoms with E-state index in [9.17, 15) is 19.2 Å². The van der Waals surface area contributed by atoms with Gasteiger partial charge in [-0.25, -0.2) is 4.79 Å². The molecule has 2 amide bonds. The van der Waals surface area contributed by atoms with Crippen molar-refractivity contribution in [3.63, 3.8) is 0 Å². The highest BCUT2D eigenvalue weighted by Crippen LogP contribution is 2.30. The van der Waals surface area contributed by atoms with Crippen molar-refractivity contribution in [2.75, 3.05) is 80.0 Å². The largest absolute Gasteiger partial charge is 0.399 e. The molecule has 2 saturated heterocycles. The summed E-state index contributed by atoms with van der Waals surface area (Å²) in [4.78, 5) is 54.0. The molecular weight excluding hydrogens is 698 g/mol. The minimum atomic E-state index is -0.492. The predicted octanol–water partition coefficient (Wildman–Crippen LogP) is 4.96. The number of anilines is 4. The summed E-state index contributed by atoms with van der Waals surface area (Å²) in [5, 5.41) is 7.81. The quantitative estimate of drug-likeness (QED) is 0.148. The number of rotatable bonds is 8. The lowest BCUT2D eigenvalue weighted by atomic mass is 10.1. The topological polar surface area (TPSA) is 153 Å². The van der Waals surface area contributed by atoms with Gasteiger partial charge in [-0.05, 0) is 74.5 Å². The molecule has 2 fully saturated rings. The summed E-state index contributed by atoms with van der Waals surface area (Å²) in [5.41, 5.74) is 11.2. The monoisotopic (exact) mass is 741 g/mol. The van der Waals surface area contributed by atoms with E-state index in [0.717, 1.165) is 46.3 Å². The second-order valence-electron chi connectivity index (χ2n) is 12.7. The maximum atomic E-state index is 12.7. The Labute approximate surface area is 311 Å². The summed E-state index contributed by atoms with van der Waals surface area (Å²) in [5.74, 6) is -0.220. The number of benzene rings is 3. The van der Waals surface area contributed by atoms with Crippen molar-refractivity contribution < 1.29 is 19.1 Å². The number of nitrogens with zero attached hydrogens (tertiary/aromatic N) is 4. The zero-order valence-corrected chi connectivity index (χ0v) is 30.7. The van der Waals surface area contributed by atoms with Gasteiger partial charge in [0.25, 0.3) is 11.1 Å². The molecule has 2 aliphatic rings. The molecule has 4 N–H and O–H groups in total. The number of hydrogen-bond acceptors (Lipinski definition) is 9. The summed E-state index contributed by atoms with van der Waals surface area (Å²) < 4.78 is 14.3. The molecular formula is C39H44ClN7O6. The van der Waals surface area contributed by atoms with E-state index in [0.29, 0.717) is 74.6 Å². The van der Waals surface area contributed by atoms with Crippen LogP contribution in [0.3, 0.4) is 0 Å². The van der Waals surface area contributed by atoms with Gasteiger partial charge < -0.3 is 44.8 Å². The highest BCUT2D eigenvalue weighted by molar-refractivity contribution is 6.30. The van der Waals surface area contributed by atoms with Gasteiger partial charge in [-0.15, -0.1) is 0 Å². The number of Topliss-reactive ketones (excluding diaryl/α,β-unsaturated/α-hetero) is 1. The van der Waals surface area contributed by atoms with E-state index in [1.54, 1.807) is 51.6 Å². The van der Waals surface area contributed by atoms with Crippen LogP contribution in [-0.4, -0.2) is 80.1 Å². The molecule has 2 aliphatic heterocycles. The van der Waals surface area contributed by atoms with Gasteiger partial charge in [-0.1, -0.05) is 11.6 Å². The Hall–Kier alpha value is -5.37. The lowest BCUT2D eigenvalue weighted by Crippen LogP contribution is -2.37. The van der Waals surface area contributed by atoms with Crippen LogP contribution in [0.5, 0.6) is 0 Å². The Morgan fingerprint density at radius 3 is 1.75 bits per heavy atom. The Bertz CT molecular complexity index is 2230. The Morgan fingerprint density at radius 1 is 0.717 bits per heavy atom. The number of ketones is 1. The molecule has 2 aromatic heterocycles. The molecule has 0 saturated carbocycles. The average Bonchev–Trinajstić information content (AvgIpc) is 3.18. The van der Waals surface area contributed by atoms with Gasteiger partial charge in [0.05, 0.1) is 55.4 Å². The maximum absolute atomic E-state index is 12.7. The van der Waals surface area contributed by atoms with E-state index >= 15 is 0 Å². The van der Waals surface area contributed by atoms with Crippen LogP contribution in [0.1, 0.15) is 24.2 Å². The fourth-order valence-corrected chi connectivity index (χ4v) is 6.82. The molecule has 13 nitrogen and oxygen atoms in total. The first-order chi connectivity index (χ1) is 25.7. The number of nitrogen functional groups attached to an aromatic ring is 1. The second kappa shape index (κ2) is 17.0. The minimum Gasteiger partial charge on any atom is -0.399 e. The summed E-state index contributed by atoms with van der Waals surface area (Å²) in [6, 6.07) is 20.5. The summed E-state index contributed by atoms with van der Waals surface area (Å²) >= 11 is 5.84. The number of urea groups is 1. The summed E-state index contributed by atoms with van der Waals surface area (Å²) in [7, 11) is 0. The van der Waals surface area contributed by atoms with Crippen molar-refractivity contribution in [3.8, 4) is 0 Å². The van der Waals surface area contributed by atoms with Crippen molar-refractivity contribution in [2.24, 2.45) is 0 Å². The van der Waals surface area contributed by atoms with Gasteiger partial charge in [0.2, 0.25) is 0 Å². The van der Waals surface area contributed by atoms with Crippen molar-refractivity contribution in [2.45, 2.75) is 26.9 Å². The molecule has 4 heterocycles. The van der Waals surface area contributed by atoms with Crippen molar-refractivity contribution in [3.05, 3.63) is 104 Å². The Kier molecular flexibility index (Phi) is 12.0. The standard InChI is InChI=1S/C24H25ClN4O4.C15H19N3O2/c1-2-29-20-8-7-18(13-19(20)21(14-23(29)31)28-9-11-33-12-10-28)27-24(32)26-15-22(30)16-3-5-17(25)6-4-16;1-2-18-13-4-3-11(16)9-12(13)14(10-15(18)19)17-5-7-20-8-6-17/h3-8,13-14H,2,9-12,15H2,1H3,(H2,26,27,32);3-4,9-10H,2,5-8,16H2,1H3. The number of hydrogen-bond donors (Lipinski definition) is 3. The van der Waals surface area contributed by atoms with Gasteiger partial charge in [-0.3, -0.25) is 14.4 Å². The third-order valence-electron chi connectivity index (χ3n) is 9.37. The Morgan fingerprint density at radius 2 is 1.23 bits per heavy atom. The minimum absolute atomic E-state index is 0.0336. The predicted molar refractivity (Wildman–Crippen MR) is 211 cm³/mol. The number of nitrogens with two attached hydrogens (primary N) is 1. The number of pyridine rings is 2. The zero-order chi connectivity index (χ0) is 37.5. The summed E-state index contributed by atoms with van der Waals surface area (Å²) in [6.07, 6.45) is 0. The molecule has 0 bridgehead atoms. The number of carbonyl (C=O) groups is 2. The molecule has 5 aromatic rings. The molecule has 0 radical (unpaired) electrons. The first-order valence-electron chi connectivity index (χ1n) is 17.8. The molecule has 0 aliphatic carbocycles. The van der Waals surface area contributed by atoms with E-state index in [2.05, 4.69) is 20.4 Å². The second-order valence-corrected chi connectivity index (χ2v) is 13.1. The fraction of sp³-hybridized carbons (Fsp3) is 0.333. The SMILES string of the molecule is CCn1c(=O)cc(N2CCOCC2)c2cc(N)ccc21.CCn1c(=O)cc(N2CCOCC2)c2cc(NC(=O)NCC(=O)c3ccc(Cl)cc3)ccc21. The zero-order valence-electron chi connectivity index (χ0n) is 29.9.